The molecule has 0 amide bonds. The Balaban J connectivity index is 1.23. The van der Waals surface area contributed by atoms with Gasteiger partial charge in [-0.05, 0) is 66.1 Å². The van der Waals surface area contributed by atoms with Crippen LogP contribution in [0.2, 0.25) is 0 Å². The maximum atomic E-state index is 13.0. The molecule has 2 heterocycles. The second kappa shape index (κ2) is 13.4. The Labute approximate surface area is 255 Å². The average Bonchev–Trinajstić information content (AvgIpc) is 3.63. The van der Waals surface area contributed by atoms with Crippen molar-refractivity contribution >= 4 is 20.7 Å². The van der Waals surface area contributed by atoms with Gasteiger partial charge in [-0.2, -0.15) is 0 Å². The summed E-state index contributed by atoms with van der Waals surface area (Å²) in [4.78, 5) is 0.371. The summed E-state index contributed by atoms with van der Waals surface area (Å²) in [5.41, 5.74) is 4.65. The number of para-hydroxylation sites is 1. The SMILES string of the molecule is CC(Cc1cc(C2CCCCC2)oc1COCc1ccccc1)c1cn(CCS(=O)(=O)c2ccccc2)c2ccccc12. The Morgan fingerprint density at radius 3 is 2.35 bits per heavy atom. The smallest absolute Gasteiger partial charge is 0.180 e. The fourth-order valence-electron chi connectivity index (χ4n) is 6.47. The summed E-state index contributed by atoms with van der Waals surface area (Å²) in [5.74, 6) is 2.79. The molecular formula is C37H41NO4S. The molecular weight excluding hydrogens is 554 g/mol. The van der Waals surface area contributed by atoms with Crippen molar-refractivity contribution < 1.29 is 17.6 Å². The molecule has 1 atom stereocenters. The van der Waals surface area contributed by atoms with E-state index >= 15 is 0 Å². The molecule has 0 radical (unpaired) electrons. The number of hydrogen-bond donors (Lipinski definition) is 0. The van der Waals surface area contributed by atoms with Gasteiger partial charge in [0.25, 0.3) is 0 Å². The van der Waals surface area contributed by atoms with Crippen LogP contribution in [0, 0.1) is 0 Å². The molecule has 224 valence electrons. The van der Waals surface area contributed by atoms with Crippen molar-refractivity contribution in [3.8, 4) is 0 Å². The summed E-state index contributed by atoms with van der Waals surface area (Å²) < 4.78 is 40.9. The maximum absolute atomic E-state index is 13.0. The van der Waals surface area contributed by atoms with Crippen LogP contribution in [0.3, 0.4) is 0 Å². The Morgan fingerprint density at radius 2 is 1.58 bits per heavy atom. The lowest BCUT2D eigenvalue weighted by molar-refractivity contribution is 0.0907. The second-order valence-electron chi connectivity index (χ2n) is 11.9. The Morgan fingerprint density at radius 1 is 0.884 bits per heavy atom. The molecule has 6 rings (SSSR count). The fourth-order valence-corrected chi connectivity index (χ4v) is 7.71. The van der Waals surface area contributed by atoms with Gasteiger partial charge in [-0.1, -0.05) is 92.9 Å². The van der Waals surface area contributed by atoms with Gasteiger partial charge in [0.1, 0.15) is 18.1 Å². The lowest BCUT2D eigenvalue weighted by Crippen LogP contribution is -2.12. The lowest BCUT2D eigenvalue weighted by Gasteiger charge is -2.19. The van der Waals surface area contributed by atoms with Crippen LogP contribution in [0.4, 0.5) is 0 Å². The van der Waals surface area contributed by atoms with Gasteiger partial charge < -0.3 is 13.7 Å². The molecule has 6 heteroatoms. The molecule has 0 aliphatic heterocycles. The van der Waals surface area contributed by atoms with Gasteiger partial charge in [0.15, 0.2) is 9.84 Å². The summed E-state index contributed by atoms with van der Waals surface area (Å²) >= 11 is 0. The van der Waals surface area contributed by atoms with Crippen LogP contribution in [0.25, 0.3) is 10.9 Å². The van der Waals surface area contributed by atoms with E-state index in [-0.39, 0.29) is 11.7 Å². The first-order chi connectivity index (χ1) is 21.0. The van der Waals surface area contributed by atoms with Gasteiger partial charge >= 0.3 is 0 Å². The molecule has 1 aliphatic rings. The van der Waals surface area contributed by atoms with E-state index in [0.717, 1.165) is 29.0 Å². The van der Waals surface area contributed by atoms with E-state index in [1.54, 1.807) is 24.3 Å². The molecule has 1 fully saturated rings. The summed E-state index contributed by atoms with van der Waals surface area (Å²) in [5, 5.41) is 1.17. The summed E-state index contributed by atoms with van der Waals surface area (Å²) in [6.07, 6.45) is 9.19. The lowest BCUT2D eigenvalue weighted by atomic mass is 9.87. The molecule has 5 nitrogen and oxygen atoms in total. The molecule has 5 aromatic rings. The van der Waals surface area contributed by atoms with E-state index in [9.17, 15) is 8.42 Å². The van der Waals surface area contributed by atoms with Crippen LogP contribution < -0.4 is 0 Å². The van der Waals surface area contributed by atoms with Gasteiger partial charge in [0.2, 0.25) is 0 Å². The van der Waals surface area contributed by atoms with Crippen LogP contribution in [0.15, 0.2) is 107 Å². The number of rotatable bonds is 12. The highest BCUT2D eigenvalue weighted by Gasteiger charge is 2.24. The van der Waals surface area contributed by atoms with Gasteiger partial charge in [0, 0.05) is 29.6 Å². The number of benzene rings is 3. The van der Waals surface area contributed by atoms with Crippen molar-refractivity contribution in [1.82, 2.24) is 4.57 Å². The summed E-state index contributed by atoms with van der Waals surface area (Å²) in [7, 11) is -3.38. The van der Waals surface area contributed by atoms with Crippen molar-refractivity contribution in [2.45, 2.75) is 81.9 Å². The zero-order chi connectivity index (χ0) is 29.6. The van der Waals surface area contributed by atoms with E-state index in [2.05, 4.69) is 54.1 Å². The first-order valence-electron chi connectivity index (χ1n) is 15.6. The highest BCUT2D eigenvalue weighted by molar-refractivity contribution is 7.91. The first-order valence-corrected chi connectivity index (χ1v) is 17.2. The van der Waals surface area contributed by atoms with E-state index in [4.69, 9.17) is 9.15 Å². The monoisotopic (exact) mass is 595 g/mol. The van der Waals surface area contributed by atoms with Crippen molar-refractivity contribution in [3.05, 3.63) is 125 Å². The number of nitrogens with zero attached hydrogens (tertiary/aromatic N) is 1. The fraction of sp³-hybridized carbons (Fsp3) is 0.351. The highest BCUT2D eigenvalue weighted by atomic mass is 32.2. The minimum Gasteiger partial charge on any atom is -0.463 e. The molecule has 0 N–H and O–H groups in total. The number of hydrogen-bond acceptors (Lipinski definition) is 4. The molecule has 1 aliphatic carbocycles. The summed E-state index contributed by atoms with van der Waals surface area (Å²) in [6.45, 7) is 3.66. The summed E-state index contributed by atoms with van der Waals surface area (Å²) in [6, 6.07) is 29.6. The minimum atomic E-state index is -3.38. The van der Waals surface area contributed by atoms with Crippen LogP contribution in [-0.2, 0) is 40.8 Å². The van der Waals surface area contributed by atoms with E-state index in [1.807, 2.05) is 30.3 Å². The Kier molecular flexibility index (Phi) is 9.15. The van der Waals surface area contributed by atoms with E-state index < -0.39 is 9.84 Å². The number of aromatic nitrogens is 1. The van der Waals surface area contributed by atoms with Crippen LogP contribution in [0.5, 0.6) is 0 Å². The average molecular weight is 596 g/mol. The predicted molar refractivity (Wildman–Crippen MR) is 172 cm³/mol. The molecule has 0 bridgehead atoms. The second-order valence-corrected chi connectivity index (χ2v) is 14.1. The van der Waals surface area contributed by atoms with Gasteiger partial charge in [-0.25, -0.2) is 8.42 Å². The quantitative estimate of drug-likeness (QED) is 0.145. The third-order valence-corrected chi connectivity index (χ3v) is 10.6. The largest absolute Gasteiger partial charge is 0.463 e. The molecule has 1 saturated carbocycles. The minimum absolute atomic E-state index is 0.0545. The van der Waals surface area contributed by atoms with Crippen molar-refractivity contribution in [2.75, 3.05) is 5.75 Å². The number of furan rings is 1. The first kappa shape index (κ1) is 29.5. The Hall–Kier alpha value is -3.61. The van der Waals surface area contributed by atoms with Crippen LogP contribution in [0.1, 0.15) is 79.1 Å². The Bertz CT molecular complexity index is 1730. The predicted octanol–water partition coefficient (Wildman–Crippen LogP) is 8.82. The third-order valence-electron chi connectivity index (χ3n) is 8.85. The zero-order valence-corrected chi connectivity index (χ0v) is 25.8. The molecule has 3 aromatic carbocycles. The number of sulfone groups is 1. The van der Waals surface area contributed by atoms with E-state index in [0.29, 0.717) is 30.6 Å². The third kappa shape index (κ3) is 6.97. The van der Waals surface area contributed by atoms with Crippen molar-refractivity contribution in [1.29, 1.82) is 0 Å². The van der Waals surface area contributed by atoms with Crippen LogP contribution >= 0.6 is 0 Å². The number of fused-ring (bicyclic) bond motifs is 1. The number of ether oxygens (including phenoxy) is 1. The molecule has 2 aromatic heterocycles. The topological polar surface area (TPSA) is 61.4 Å². The maximum Gasteiger partial charge on any atom is 0.180 e. The number of aryl methyl sites for hydroxylation is 1. The normalized spacial score (nSPS) is 15.2. The van der Waals surface area contributed by atoms with Gasteiger partial charge in [-0.3, -0.25) is 0 Å². The molecule has 0 saturated heterocycles. The van der Waals surface area contributed by atoms with E-state index in [1.165, 1.54) is 48.6 Å². The standard InChI is InChI=1S/C37H41NO4S/c1-28(34-25-38(35-20-12-11-19-33(34)35)21-22-43(39,40)32-17-9-4-10-18-32)23-31-24-36(30-15-7-3-8-16-30)42-37(31)27-41-26-29-13-5-2-6-14-29/h2,4-6,9-14,17-20,24-25,28,30H,3,7-8,15-16,21-23,26-27H2,1H3. The van der Waals surface area contributed by atoms with Crippen LogP contribution in [-0.4, -0.2) is 18.7 Å². The molecule has 43 heavy (non-hydrogen) atoms. The molecule has 1 unspecified atom stereocenters. The van der Waals surface area contributed by atoms with Gasteiger partial charge in [-0.15, -0.1) is 0 Å². The van der Waals surface area contributed by atoms with Crippen molar-refractivity contribution in [3.63, 3.8) is 0 Å². The van der Waals surface area contributed by atoms with Crippen molar-refractivity contribution in [2.24, 2.45) is 0 Å². The van der Waals surface area contributed by atoms with Gasteiger partial charge in [0.05, 0.1) is 17.3 Å². The molecule has 0 spiro atoms. The highest BCUT2D eigenvalue weighted by Crippen LogP contribution is 2.37. The zero-order valence-electron chi connectivity index (χ0n) is 25.0.